The molecule has 0 fully saturated rings. The van der Waals surface area contributed by atoms with Gasteiger partial charge in [-0.15, -0.1) is 0 Å². The first-order valence-electron chi connectivity index (χ1n) is 3.39. The van der Waals surface area contributed by atoms with Crippen LogP contribution in [0, 0.1) is 12.3 Å². The van der Waals surface area contributed by atoms with Crippen LogP contribution in [0.3, 0.4) is 0 Å². The van der Waals surface area contributed by atoms with Crippen LogP contribution in [0.15, 0.2) is 12.2 Å². The predicted molar refractivity (Wildman–Crippen MR) is 36.5 cm³/mol. The van der Waals surface area contributed by atoms with Crippen molar-refractivity contribution < 1.29 is 0 Å². The van der Waals surface area contributed by atoms with Gasteiger partial charge in [-0.3, -0.25) is 0 Å². The van der Waals surface area contributed by atoms with Crippen molar-refractivity contribution in [2.24, 2.45) is 5.92 Å². The standard InChI is InChI=1S/C8H13/c1-8-6-4-2-3-5-7-8/h2,4,6,8H,3,5,7H2,1H3. The highest BCUT2D eigenvalue weighted by Crippen LogP contribution is 2.15. The average molecular weight is 109 g/mol. The SMILES string of the molecule is CC1[CH]C=CCCC1. The van der Waals surface area contributed by atoms with Crippen molar-refractivity contribution >= 4 is 0 Å². The molecule has 1 rings (SSSR count). The highest BCUT2D eigenvalue weighted by Gasteiger charge is 2.00. The summed E-state index contributed by atoms with van der Waals surface area (Å²) in [6, 6.07) is 0. The number of rotatable bonds is 0. The van der Waals surface area contributed by atoms with Crippen molar-refractivity contribution in [3.8, 4) is 0 Å². The van der Waals surface area contributed by atoms with Gasteiger partial charge in [-0.05, 0) is 31.6 Å². The summed E-state index contributed by atoms with van der Waals surface area (Å²) in [5.74, 6) is 0.814. The minimum absolute atomic E-state index is 0.814. The molecule has 0 aromatic heterocycles. The van der Waals surface area contributed by atoms with Gasteiger partial charge in [0, 0.05) is 0 Å². The van der Waals surface area contributed by atoms with Crippen LogP contribution in [0.4, 0.5) is 0 Å². The Bertz CT molecular complexity index is 82.0. The topological polar surface area (TPSA) is 0 Å². The Morgan fingerprint density at radius 3 is 3.25 bits per heavy atom. The van der Waals surface area contributed by atoms with E-state index in [1.165, 1.54) is 19.3 Å². The molecule has 0 heteroatoms. The normalized spacial score (nSPS) is 29.9. The first-order chi connectivity index (χ1) is 3.89. The number of allylic oxidation sites excluding steroid dienone is 2. The summed E-state index contributed by atoms with van der Waals surface area (Å²) in [6.45, 7) is 2.27. The van der Waals surface area contributed by atoms with E-state index in [1.807, 2.05) is 0 Å². The third-order valence-electron chi connectivity index (χ3n) is 1.61. The first kappa shape index (κ1) is 5.87. The van der Waals surface area contributed by atoms with Gasteiger partial charge in [0.2, 0.25) is 0 Å². The van der Waals surface area contributed by atoms with Gasteiger partial charge in [0.15, 0.2) is 0 Å². The zero-order valence-corrected chi connectivity index (χ0v) is 5.43. The summed E-state index contributed by atoms with van der Waals surface area (Å²) in [7, 11) is 0. The maximum Gasteiger partial charge on any atom is -0.0142 e. The van der Waals surface area contributed by atoms with Gasteiger partial charge in [-0.1, -0.05) is 19.1 Å². The molecule has 1 unspecified atom stereocenters. The molecule has 0 saturated heterocycles. The van der Waals surface area contributed by atoms with Crippen LogP contribution in [0.25, 0.3) is 0 Å². The second-order valence-corrected chi connectivity index (χ2v) is 2.53. The maximum atomic E-state index is 2.28. The summed E-state index contributed by atoms with van der Waals surface area (Å²) >= 11 is 0. The molecule has 0 heterocycles. The Labute approximate surface area is 51.6 Å². The molecule has 1 atom stereocenters. The molecular formula is C8H13. The van der Waals surface area contributed by atoms with Gasteiger partial charge in [-0.2, -0.15) is 0 Å². The third-order valence-corrected chi connectivity index (χ3v) is 1.61. The second-order valence-electron chi connectivity index (χ2n) is 2.53. The largest absolute Gasteiger partial charge is 0.0882 e. The fourth-order valence-electron chi connectivity index (χ4n) is 1.02. The van der Waals surface area contributed by atoms with Crippen molar-refractivity contribution in [2.75, 3.05) is 0 Å². The van der Waals surface area contributed by atoms with Gasteiger partial charge < -0.3 is 0 Å². The van der Waals surface area contributed by atoms with Gasteiger partial charge in [0.25, 0.3) is 0 Å². The average Bonchev–Trinajstić information content (AvgIpc) is 1.94. The van der Waals surface area contributed by atoms with Gasteiger partial charge >= 0.3 is 0 Å². The van der Waals surface area contributed by atoms with Crippen LogP contribution in [-0.4, -0.2) is 0 Å². The summed E-state index contributed by atoms with van der Waals surface area (Å²) in [4.78, 5) is 0. The lowest BCUT2D eigenvalue weighted by molar-refractivity contribution is 0.600. The smallest absolute Gasteiger partial charge is 0.0142 e. The van der Waals surface area contributed by atoms with Crippen molar-refractivity contribution in [3.63, 3.8) is 0 Å². The van der Waals surface area contributed by atoms with E-state index in [0.29, 0.717) is 0 Å². The van der Waals surface area contributed by atoms with Crippen LogP contribution in [-0.2, 0) is 0 Å². The molecule has 1 radical (unpaired) electrons. The first-order valence-corrected chi connectivity index (χ1v) is 3.39. The molecule has 0 N–H and O–H groups in total. The minimum Gasteiger partial charge on any atom is -0.0882 e. The van der Waals surface area contributed by atoms with E-state index in [9.17, 15) is 0 Å². The number of hydrogen-bond donors (Lipinski definition) is 0. The lowest BCUT2D eigenvalue weighted by Gasteiger charge is -2.01. The van der Waals surface area contributed by atoms with Crippen molar-refractivity contribution in [1.82, 2.24) is 0 Å². The highest BCUT2D eigenvalue weighted by molar-refractivity contribution is 4.99. The molecule has 0 saturated carbocycles. The van der Waals surface area contributed by atoms with E-state index in [2.05, 4.69) is 25.5 Å². The Morgan fingerprint density at radius 2 is 2.38 bits per heavy atom. The van der Waals surface area contributed by atoms with Crippen LogP contribution < -0.4 is 0 Å². The Balaban J connectivity index is 2.30. The molecule has 0 bridgehead atoms. The van der Waals surface area contributed by atoms with Crippen LogP contribution in [0.2, 0.25) is 0 Å². The van der Waals surface area contributed by atoms with E-state index in [-0.39, 0.29) is 0 Å². The molecule has 45 valence electrons. The molecule has 0 aromatic carbocycles. The van der Waals surface area contributed by atoms with Crippen molar-refractivity contribution in [3.05, 3.63) is 18.6 Å². The second kappa shape index (κ2) is 2.91. The van der Waals surface area contributed by atoms with E-state index in [0.717, 1.165) is 5.92 Å². The van der Waals surface area contributed by atoms with Gasteiger partial charge in [0.05, 0.1) is 0 Å². The summed E-state index contributed by atoms with van der Waals surface area (Å²) in [5, 5.41) is 0. The van der Waals surface area contributed by atoms with E-state index < -0.39 is 0 Å². The summed E-state index contributed by atoms with van der Waals surface area (Å²) in [5.41, 5.74) is 0. The van der Waals surface area contributed by atoms with Crippen LogP contribution >= 0.6 is 0 Å². The quantitative estimate of drug-likeness (QED) is 0.448. The van der Waals surface area contributed by atoms with Gasteiger partial charge in [-0.25, -0.2) is 0 Å². The predicted octanol–water partition coefficient (Wildman–Crippen LogP) is 2.57. The molecular weight excluding hydrogens is 96.1 g/mol. The highest BCUT2D eigenvalue weighted by atomic mass is 14.1. The molecule has 0 spiro atoms. The van der Waals surface area contributed by atoms with Crippen molar-refractivity contribution in [2.45, 2.75) is 26.2 Å². The Kier molecular flexibility index (Phi) is 2.13. The van der Waals surface area contributed by atoms with E-state index in [4.69, 9.17) is 0 Å². The molecule has 1 aliphatic carbocycles. The molecule has 0 aromatic rings. The fraction of sp³-hybridized carbons (Fsp3) is 0.625. The third kappa shape index (κ3) is 1.69. The molecule has 0 amide bonds. The number of hydrogen-bond acceptors (Lipinski definition) is 0. The summed E-state index contributed by atoms with van der Waals surface area (Å²) < 4.78 is 0. The lowest BCUT2D eigenvalue weighted by Crippen LogP contribution is -1.89. The zero-order valence-electron chi connectivity index (χ0n) is 5.43. The maximum absolute atomic E-state index is 2.28. The molecule has 1 aliphatic rings. The van der Waals surface area contributed by atoms with Crippen LogP contribution in [0.5, 0.6) is 0 Å². The summed E-state index contributed by atoms with van der Waals surface area (Å²) in [6.07, 6.45) is 10.7. The zero-order chi connectivity index (χ0) is 5.82. The lowest BCUT2D eigenvalue weighted by atomic mass is 10.0. The van der Waals surface area contributed by atoms with E-state index in [1.54, 1.807) is 0 Å². The van der Waals surface area contributed by atoms with Gasteiger partial charge in [0.1, 0.15) is 0 Å². The Morgan fingerprint density at radius 1 is 1.50 bits per heavy atom. The van der Waals surface area contributed by atoms with E-state index >= 15 is 0 Å². The Hall–Kier alpha value is -0.260. The van der Waals surface area contributed by atoms with Crippen molar-refractivity contribution in [1.29, 1.82) is 0 Å². The molecule has 0 aliphatic heterocycles. The molecule has 8 heavy (non-hydrogen) atoms. The minimum atomic E-state index is 0.814. The van der Waals surface area contributed by atoms with Crippen LogP contribution in [0.1, 0.15) is 26.2 Å². The monoisotopic (exact) mass is 109 g/mol. The fourth-order valence-corrected chi connectivity index (χ4v) is 1.02. The molecule has 0 nitrogen and oxygen atoms in total.